The molecule has 360 valence electrons. The summed E-state index contributed by atoms with van der Waals surface area (Å²) in [6.45, 7) is 4.86. The van der Waals surface area contributed by atoms with E-state index >= 15 is 0 Å². The topological polar surface area (TPSA) is 216 Å². The van der Waals surface area contributed by atoms with Crippen molar-refractivity contribution in [2.24, 2.45) is 0 Å². The number of amides is 2. The van der Waals surface area contributed by atoms with Crippen molar-refractivity contribution in [3.05, 3.63) is 115 Å². The molecule has 0 bridgehead atoms. The van der Waals surface area contributed by atoms with Crippen molar-refractivity contribution in [1.82, 2.24) is 9.80 Å². The lowest BCUT2D eigenvalue weighted by Gasteiger charge is -2.33. The van der Waals surface area contributed by atoms with Gasteiger partial charge in [0.05, 0.1) is 57.2 Å². The molecule has 19 heteroatoms. The molecule has 2 saturated heterocycles. The average molecular weight is 963 g/mol. The normalized spacial score (nSPS) is 17.9. The number of nitrogens with zero attached hydrogens (tertiary/aromatic N) is 4. The number of carbonyl (C=O) groups excluding carboxylic acids is 4. The minimum atomic E-state index is -0.767. The van der Waals surface area contributed by atoms with E-state index in [0.29, 0.717) is 85.4 Å². The van der Waals surface area contributed by atoms with Crippen molar-refractivity contribution in [3.63, 3.8) is 0 Å². The van der Waals surface area contributed by atoms with E-state index in [4.69, 9.17) is 29.0 Å². The van der Waals surface area contributed by atoms with Crippen LogP contribution in [0.1, 0.15) is 74.6 Å². The lowest BCUT2D eigenvalue weighted by molar-refractivity contribution is -0.387. The van der Waals surface area contributed by atoms with E-state index in [1.54, 1.807) is 62.4 Å². The van der Waals surface area contributed by atoms with Crippen LogP contribution in [-0.4, -0.2) is 95.0 Å². The van der Waals surface area contributed by atoms with E-state index in [-0.39, 0.29) is 58.7 Å². The summed E-state index contributed by atoms with van der Waals surface area (Å²) in [4.78, 5) is 103. The maximum Gasteiger partial charge on any atom is 0.328 e. The largest absolute Gasteiger partial charge is 0.464 e. The van der Waals surface area contributed by atoms with Gasteiger partial charge in [-0.25, -0.2) is 9.59 Å². The molecule has 0 saturated carbocycles. The summed E-state index contributed by atoms with van der Waals surface area (Å²) in [5, 5.41) is 26.9. The number of nitro groups is 2. The Balaban J connectivity index is 1.23. The van der Waals surface area contributed by atoms with Crippen molar-refractivity contribution < 1.29 is 58.0 Å². The molecule has 0 aromatic heterocycles. The van der Waals surface area contributed by atoms with Gasteiger partial charge in [-0.1, -0.05) is 36.0 Å². The van der Waals surface area contributed by atoms with Gasteiger partial charge in [0, 0.05) is 49.2 Å². The molecule has 2 atom stereocenters. The lowest BCUT2D eigenvalue weighted by atomic mass is 9.94. The fraction of sp³-hybridized carbons (Fsp3) is 0.360. The number of ether oxygens (including phenoxy) is 2. The molecule has 4 aromatic rings. The Morgan fingerprint density at radius 2 is 1.09 bits per heavy atom. The number of piperidine rings is 2. The molecule has 0 spiro atoms. The predicted molar refractivity (Wildman–Crippen MR) is 252 cm³/mol. The second-order valence-electron chi connectivity index (χ2n) is 16.6. The molecular weight excluding hydrogens is 913 g/mol. The van der Waals surface area contributed by atoms with E-state index in [0.717, 1.165) is 35.7 Å². The molecular formula is C50H50N4O14S. The van der Waals surface area contributed by atoms with Crippen LogP contribution >= 0.6 is 11.8 Å². The summed E-state index contributed by atoms with van der Waals surface area (Å²) in [5.41, 5.74) is 2.42. The number of likely N-dealkylation sites (tertiary alicyclic amines) is 2. The summed E-state index contributed by atoms with van der Waals surface area (Å²) in [5.74, 6) is -1.05. The highest BCUT2D eigenvalue weighted by atomic mass is 32.2. The van der Waals surface area contributed by atoms with Gasteiger partial charge in [0.1, 0.15) is 12.1 Å². The summed E-state index contributed by atoms with van der Waals surface area (Å²) >= 11 is 0.827. The highest BCUT2D eigenvalue weighted by molar-refractivity contribution is 7.99. The predicted octanol–water partition coefficient (Wildman–Crippen LogP) is 8.64. The van der Waals surface area contributed by atoms with Crippen molar-refractivity contribution in [3.8, 4) is 33.8 Å². The van der Waals surface area contributed by atoms with E-state index in [2.05, 4.69) is 0 Å². The van der Waals surface area contributed by atoms with Crippen LogP contribution in [0.15, 0.2) is 82.6 Å². The molecule has 2 amide bonds. The van der Waals surface area contributed by atoms with Crippen LogP contribution in [0.25, 0.3) is 34.4 Å². The van der Waals surface area contributed by atoms with Crippen molar-refractivity contribution in [1.29, 1.82) is 0 Å². The van der Waals surface area contributed by atoms with Crippen LogP contribution in [-0.2, 0) is 51.3 Å². The summed E-state index contributed by atoms with van der Waals surface area (Å²) in [7, 11) is 0. The first kappa shape index (κ1) is 48.4. The second-order valence-corrected chi connectivity index (χ2v) is 17.7. The van der Waals surface area contributed by atoms with Crippen LogP contribution in [0.2, 0.25) is 0 Å². The third kappa shape index (κ3) is 10.6. The summed E-state index contributed by atoms with van der Waals surface area (Å²) < 4.78 is 10.5. The van der Waals surface area contributed by atoms with Crippen LogP contribution < -0.4 is 9.78 Å². The minimum Gasteiger partial charge on any atom is -0.464 e. The average Bonchev–Trinajstić information content (AvgIpc) is 3.36. The van der Waals surface area contributed by atoms with Gasteiger partial charge < -0.3 is 29.0 Å². The molecule has 8 rings (SSSR count). The number of rotatable bonds is 14. The van der Waals surface area contributed by atoms with Gasteiger partial charge in [-0.3, -0.25) is 29.8 Å². The highest BCUT2D eigenvalue weighted by Gasteiger charge is 2.35. The molecule has 69 heavy (non-hydrogen) atoms. The first-order valence-electron chi connectivity index (χ1n) is 22.9. The van der Waals surface area contributed by atoms with Gasteiger partial charge >= 0.3 is 11.9 Å². The van der Waals surface area contributed by atoms with Gasteiger partial charge in [0.25, 0.3) is 11.4 Å². The van der Waals surface area contributed by atoms with Crippen LogP contribution in [0, 0.1) is 20.2 Å². The monoisotopic (exact) mass is 962 g/mol. The van der Waals surface area contributed by atoms with Gasteiger partial charge in [-0.15, -0.1) is 0 Å². The fourth-order valence-corrected chi connectivity index (χ4v) is 10.2. The highest BCUT2D eigenvalue weighted by Crippen LogP contribution is 2.49. The van der Waals surface area contributed by atoms with Crippen molar-refractivity contribution >= 4 is 59.0 Å². The number of hydrogen-bond acceptors (Lipinski definition) is 15. The molecule has 4 aliphatic heterocycles. The Kier molecular flexibility index (Phi) is 15.4. The number of benzene rings is 4. The first-order chi connectivity index (χ1) is 33.5. The number of nitro benzene ring substituents is 2. The molecule has 0 radical (unpaired) electrons. The molecule has 0 N–H and O–H groups in total. The fourth-order valence-electron chi connectivity index (χ4n) is 9.11. The zero-order valence-electron chi connectivity index (χ0n) is 38.0. The van der Waals surface area contributed by atoms with Crippen LogP contribution in [0.4, 0.5) is 11.4 Å². The maximum absolute atomic E-state index is 13.8. The van der Waals surface area contributed by atoms with E-state index in [1.807, 2.05) is 0 Å². The zero-order chi connectivity index (χ0) is 48.6. The Labute approximate surface area is 401 Å². The minimum absolute atomic E-state index is 0.0628. The van der Waals surface area contributed by atoms with Gasteiger partial charge in [0.2, 0.25) is 11.8 Å². The van der Waals surface area contributed by atoms with Gasteiger partial charge in [0.15, 0.2) is 11.5 Å². The molecule has 4 aliphatic rings. The van der Waals surface area contributed by atoms with Crippen LogP contribution in [0.5, 0.6) is 11.5 Å². The summed E-state index contributed by atoms with van der Waals surface area (Å²) in [6, 6.07) is 14.7. The molecule has 4 aromatic carbocycles. The Bertz CT molecular complexity index is 2560. The van der Waals surface area contributed by atoms with Crippen molar-refractivity contribution in [2.75, 3.05) is 39.5 Å². The Morgan fingerprint density at radius 3 is 1.49 bits per heavy atom. The lowest BCUT2D eigenvalue weighted by Crippen LogP contribution is -2.48. The Hall–Kier alpha value is -7.09. The summed E-state index contributed by atoms with van der Waals surface area (Å²) in [6.07, 6.45) is 10.2. The van der Waals surface area contributed by atoms with E-state index < -0.39 is 45.7 Å². The SMILES string of the molecule is CCOC(=O)C1CCCCN1C(=O)C=Cc1ccc(Sc2ccc(C=CC(=O)N3CCCCC3C(=O)OCC)c(-c3ccc4c(c3)CCOO4)c2[N+](=O)[O-])c([N+](=O)[O-])c1-c1ccc2c(c1)CCOO2. The van der Waals surface area contributed by atoms with Gasteiger partial charge in [-0.05, 0) is 123 Å². The molecule has 0 aliphatic carbocycles. The van der Waals surface area contributed by atoms with Crippen molar-refractivity contribution in [2.45, 2.75) is 87.1 Å². The Morgan fingerprint density at radius 1 is 0.652 bits per heavy atom. The number of esters is 2. The third-order valence-electron chi connectivity index (χ3n) is 12.3. The van der Waals surface area contributed by atoms with E-state index in [9.17, 15) is 39.4 Å². The quantitative estimate of drug-likeness (QED) is 0.0380. The maximum atomic E-state index is 13.8. The third-order valence-corrected chi connectivity index (χ3v) is 13.4. The molecule has 4 heterocycles. The molecule has 2 fully saturated rings. The second kappa shape index (κ2) is 21.9. The van der Waals surface area contributed by atoms with Gasteiger partial charge in [-0.2, -0.15) is 9.78 Å². The molecule has 2 unspecified atom stereocenters. The zero-order valence-corrected chi connectivity index (χ0v) is 38.9. The van der Waals surface area contributed by atoms with E-state index in [1.165, 1.54) is 46.2 Å². The number of fused-ring (bicyclic) bond motifs is 2. The van der Waals surface area contributed by atoms with Crippen LogP contribution in [0.3, 0.4) is 0 Å². The number of hydrogen-bond donors (Lipinski definition) is 0. The molecule has 18 nitrogen and oxygen atoms in total. The first-order valence-corrected chi connectivity index (χ1v) is 23.8. The standard InChI is InChI=1S/C50H50N4O14S/c1-3-63-49(57)37-9-5-7-25-51(37)43(55)21-15-31-13-19-41(47(53(59)60)45(31)35-11-17-39-33(29-35)23-27-65-67-39)69-42-20-14-32(16-22-44(56)52-26-8-6-10-38(52)50(58)64-4-2)46(48(42)54(61)62)36-12-18-40-34(30-36)24-28-66-68-40/h11-22,29-30,37-38H,3-10,23-28H2,1-2H3. The number of carbonyl (C=O) groups is 4. The smallest absolute Gasteiger partial charge is 0.328 e.